The molecule has 4 rings (SSSR count). The fourth-order valence-corrected chi connectivity index (χ4v) is 3.47. The molecule has 3 heterocycles. The second-order valence-electron chi connectivity index (χ2n) is 6.72. The number of fused-ring (bicyclic) bond motifs is 1. The summed E-state index contributed by atoms with van der Waals surface area (Å²) >= 11 is 0. The molecule has 0 unspecified atom stereocenters. The molecule has 2 aromatic heterocycles. The smallest absolute Gasteiger partial charge is 0.316 e. The molecule has 0 bridgehead atoms. The topological polar surface area (TPSA) is 56.1 Å². The second-order valence-corrected chi connectivity index (χ2v) is 6.72. The molecule has 6 nitrogen and oxygen atoms in total. The molecule has 122 valence electrons. The van der Waals surface area contributed by atoms with Crippen molar-refractivity contribution >= 4 is 0 Å². The molecule has 23 heavy (non-hydrogen) atoms. The lowest BCUT2D eigenvalue weighted by Gasteiger charge is -2.44. The fourth-order valence-electron chi connectivity index (χ4n) is 3.47. The number of nitrogens with zero attached hydrogens (tertiary/aromatic N) is 5. The highest BCUT2D eigenvalue weighted by atomic mass is 16.5. The van der Waals surface area contributed by atoms with E-state index in [1.54, 1.807) is 12.4 Å². The van der Waals surface area contributed by atoms with Gasteiger partial charge in [0, 0.05) is 44.1 Å². The zero-order valence-electron chi connectivity index (χ0n) is 13.8. The van der Waals surface area contributed by atoms with Crippen molar-refractivity contribution in [3.63, 3.8) is 0 Å². The van der Waals surface area contributed by atoms with Crippen molar-refractivity contribution in [1.29, 1.82) is 0 Å². The highest BCUT2D eigenvalue weighted by molar-refractivity contribution is 5.19. The van der Waals surface area contributed by atoms with Gasteiger partial charge >= 0.3 is 6.01 Å². The van der Waals surface area contributed by atoms with Gasteiger partial charge in [-0.05, 0) is 25.3 Å². The summed E-state index contributed by atoms with van der Waals surface area (Å²) in [5.74, 6) is 0. The third-order valence-electron chi connectivity index (χ3n) is 5.08. The standard InChI is InChI=1S/C17H23N5O/c1-12-7-18-17(19-8-12)23-10-14-6-16-15(20-11-21(16)2)9-22(14)13-4-3-5-13/h7-8,11,13-14H,3-6,9-10H2,1-2H3/t14-/m1/s1. The summed E-state index contributed by atoms with van der Waals surface area (Å²) in [7, 11) is 2.08. The number of aromatic nitrogens is 4. The fraction of sp³-hybridized carbons (Fsp3) is 0.588. The molecule has 2 aliphatic rings. The van der Waals surface area contributed by atoms with E-state index in [1.165, 1.54) is 30.7 Å². The number of ether oxygens (including phenoxy) is 1. The number of hydrogen-bond donors (Lipinski definition) is 0. The van der Waals surface area contributed by atoms with Crippen LogP contribution in [-0.4, -0.2) is 43.1 Å². The molecule has 0 amide bonds. The van der Waals surface area contributed by atoms with Crippen LogP contribution in [0.25, 0.3) is 0 Å². The number of hydrogen-bond acceptors (Lipinski definition) is 5. The third-order valence-corrected chi connectivity index (χ3v) is 5.08. The maximum absolute atomic E-state index is 5.89. The third kappa shape index (κ3) is 2.83. The highest BCUT2D eigenvalue weighted by Gasteiger charge is 2.36. The number of rotatable bonds is 4. The summed E-state index contributed by atoms with van der Waals surface area (Å²) in [5, 5.41) is 0. The van der Waals surface area contributed by atoms with Crippen LogP contribution in [0.15, 0.2) is 18.7 Å². The van der Waals surface area contributed by atoms with Crippen molar-refractivity contribution in [2.75, 3.05) is 6.61 Å². The molecule has 1 saturated carbocycles. The first-order valence-electron chi connectivity index (χ1n) is 8.37. The van der Waals surface area contributed by atoms with Gasteiger partial charge in [0.05, 0.1) is 18.1 Å². The summed E-state index contributed by atoms with van der Waals surface area (Å²) < 4.78 is 8.03. The van der Waals surface area contributed by atoms with E-state index in [1.807, 2.05) is 13.3 Å². The molecule has 2 aromatic rings. The quantitative estimate of drug-likeness (QED) is 0.862. The van der Waals surface area contributed by atoms with Crippen LogP contribution in [-0.2, 0) is 20.0 Å². The van der Waals surface area contributed by atoms with Crippen LogP contribution in [0.4, 0.5) is 0 Å². The van der Waals surface area contributed by atoms with Crippen LogP contribution in [0.5, 0.6) is 6.01 Å². The van der Waals surface area contributed by atoms with E-state index in [4.69, 9.17) is 4.74 Å². The lowest BCUT2D eigenvalue weighted by atomic mass is 9.88. The van der Waals surface area contributed by atoms with Crippen LogP contribution in [0.3, 0.4) is 0 Å². The summed E-state index contributed by atoms with van der Waals surface area (Å²) in [5.41, 5.74) is 3.60. The van der Waals surface area contributed by atoms with E-state index in [0.29, 0.717) is 24.7 Å². The predicted molar refractivity (Wildman–Crippen MR) is 86.1 cm³/mol. The van der Waals surface area contributed by atoms with Gasteiger partial charge in [0.15, 0.2) is 0 Å². The van der Waals surface area contributed by atoms with Crippen LogP contribution in [0.1, 0.15) is 36.2 Å². The molecule has 0 spiro atoms. The zero-order chi connectivity index (χ0) is 15.8. The van der Waals surface area contributed by atoms with Gasteiger partial charge in [0.1, 0.15) is 6.61 Å². The van der Waals surface area contributed by atoms with Crippen molar-refractivity contribution in [2.24, 2.45) is 7.05 Å². The lowest BCUT2D eigenvalue weighted by molar-refractivity contribution is 0.0334. The Bertz CT molecular complexity index is 677. The van der Waals surface area contributed by atoms with E-state index < -0.39 is 0 Å². The minimum absolute atomic E-state index is 0.369. The van der Waals surface area contributed by atoms with Crippen molar-refractivity contribution in [1.82, 2.24) is 24.4 Å². The first kappa shape index (κ1) is 14.6. The maximum atomic E-state index is 5.89. The average molecular weight is 313 g/mol. The Labute approximate surface area is 136 Å². The molecule has 1 aliphatic heterocycles. The molecular formula is C17H23N5O. The number of imidazole rings is 1. The molecule has 6 heteroatoms. The number of aryl methyl sites for hydroxylation is 2. The van der Waals surface area contributed by atoms with Gasteiger partial charge in [-0.15, -0.1) is 0 Å². The summed E-state index contributed by atoms with van der Waals surface area (Å²) in [6.07, 6.45) is 10.4. The molecule has 0 N–H and O–H groups in total. The van der Waals surface area contributed by atoms with Crippen molar-refractivity contribution in [3.8, 4) is 6.01 Å². The Morgan fingerprint density at radius 2 is 2.00 bits per heavy atom. The molecular weight excluding hydrogens is 290 g/mol. The molecule has 1 atom stereocenters. The zero-order valence-corrected chi connectivity index (χ0v) is 13.8. The van der Waals surface area contributed by atoms with Gasteiger partial charge < -0.3 is 9.30 Å². The molecule has 1 aliphatic carbocycles. The summed E-state index contributed by atoms with van der Waals surface area (Å²) in [4.78, 5) is 15.6. The second kappa shape index (κ2) is 5.92. The van der Waals surface area contributed by atoms with Gasteiger partial charge in [-0.2, -0.15) is 0 Å². The Hall–Kier alpha value is -1.95. The summed E-state index contributed by atoms with van der Waals surface area (Å²) in [6.45, 7) is 3.54. The Morgan fingerprint density at radius 3 is 2.70 bits per heavy atom. The lowest BCUT2D eigenvalue weighted by Crippen LogP contribution is -2.52. The molecule has 1 fully saturated rings. The first-order chi connectivity index (χ1) is 11.2. The first-order valence-corrected chi connectivity index (χ1v) is 8.37. The van der Waals surface area contributed by atoms with Gasteiger partial charge in [-0.3, -0.25) is 4.90 Å². The van der Waals surface area contributed by atoms with E-state index in [9.17, 15) is 0 Å². The van der Waals surface area contributed by atoms with Gasteiger partial charge in [0.25, 0.3) is 0 Å². The normalized spacial score (nSPS) is 21.7. The molecule has 0 radical (unpaired) electrons. The van der Waals surface area contributed by atoms with Crippen LogP contribution in [0, 0.1) is 6.92 Å². The predicted octanol–water partition coefficient (Wildman–Crippen LogP) is 1.88. The average Bonchev–Trinajstić information content (AvgIpc) is 2.85. The Kier molecular flexibility index (Phi) is 3.77. The van der Waals surface area contributed by atoms with Crippen molar-refractivity contribution in [3.05, 3.63) is 35.7 Å². The van der Waals surface area contributed by atoms with Crippen molar-refractivity contribution in [2.45, 2.75) is 51.2 Å². The highest BCUT2D eigenvalue weighted by Crippen LogP contribution is 2.32. The SMILES string of the molecule is Cc1cnc(OC[C@H]2Cc3c(ncn3C)CN2C2CCC2)nc1. The van der Waals surface area contributed by atoms with E-state index in [0.717, 1.165) is 18.5 Å². The van der Waals surface area contributed by atoms with Crippen LogP contribution < -0.4 is 4.74 Å². The van der Waals surface area contributed by atoms with Crippen LogP contribution >= 0.6 is 0 Å². The Balaban J connectivity index is 1.49. The van der Waals surface area contributed by atoms with Gasteiger partial charge in [-0.25, -0.2) is 15.0 Å². The molecule has 0 aromatic carbocycles. The monoisotopic (exact) mass is 313 g/mol. The van der Waals surface area contributed by atoms with Crippen LogP contribution in [0.2, 0.25) is 0 Å². The minimum Gasteiger partial charge on any atom is -0.462 e. The largest absolute Gasteiger partial charge is 0.462 e. The van der Waals surface area contributed by atoms with Gasteiger partial charge in [-0.1, -0.05) is 6.42 Å². The molecule has 0 saturated heterocycles. The van der Waals surface area contributed by atoms with Crippen molar-refractivity contribution < 1.29 is 4.74 Å². The van der Waals surface area contributed by atoms with E-state index >= 15 is 0 Å². The summed E-state index contributed by atoms with van der Waals surface area (Å²) in [6, 6.07) is 1.52. The maximum Gasteiger partial charge on any atom is 0.316 e. The van der Waals surface area contributed by atoms with E-state index in [-0.39, 0.29) is 0 Å². The van der Waals surface area contributed by atoms with E-state index in [2.05, 4.69) is 31.5 Å². The Morgan fingerprint density at radius 1 is 1.22 bits per heavy atom. The minimum atomic E-state index is 0.369. The van der Waals surface area contributed by atoms with Gasteiger partial charge in [0.2, 0.25) is 0 Å².